The molecular weight excluding hydrogens is 168 g/mol. The van der Waals surface area contributed by atoms with Crippen LogP contribution in [0.2, 0.25) is 0 Å². The molecule has 2 aliphatic rings. The van der Waals surface area contributed by atoms with Crippen molar-refractivity contribution in [2.45, 2.75) is 37.9 Å². The molecule has 2 fully saturated rings. The van der Waals surface area contributed by atoms with Gasteiger partial charge in [-0.05, 0) is 20.3 Å². The Labute approximate surface area is 77.9 Å². The fourth-order valence-corrected chi connectivity index (χ4v) is 2.37. The van der Waals surface area contributed by atoms with Crippen LogP contribution in [0.1, 0.15) is 20.3 Å². The Balaban J connectivity index is 2.14. The molecule has 0 radical (unpaired) electrons. The highest BCUT2D eigenvalue weighted by molar-refractivity contribution is 5.77. The van der Waals surface area contributed by atoms with Crippen molar-refractivity contribution in [3.8, 4) is 0 Å². The first-order valence-electron chi connectivity index (χ1n) is 4.75. The van der Waals surface area contributed by atoms with Gasteiger partial charge in [-0.15, -0.1) is 0 Å². The van der Waals surface area contributed by atoms with Gasteiger partial charge in [-0.1, -0.05) is 0 Å². The number of nitrogens with zero attached hydrogens (tertiary/aromatic N) is 1. The van der Waals surface area contributed by atoms with Gasteiger partial charge in [-0.25, -0.2) is 0 Å². The van der Waals surface area contributed by atoms with E-state index in [4.69, 9.17) is 5.11 Å². The maximum atomic E-state index is 11.0. The van der Waals surface area contributed by atoms with Crippen LogP contribution < -0.4 is 5.32 Å². The van der Waals surface area contributed by atoms with Crippen LogP contribution in [0.15, 0.2) is 0 Å². The van der Waals surface area contributed by atoms with E-state index in [0.29, 0.717) is 12.1 Å². The average Bonchev–Trinajstić information content (AvgIpc) is 2.63. The van der Waals surface area contributed by atoms with E-state index in [2.05, 4.69) is 10.2 Å². The van der Waals surface area contributed by atoms with Crippen molar-refractivity contribution in [1.29, 1.82) is 0 Å². The van der Waals surface area contributed by atoms with Gasteiger partial charge in [0.15, 0.2) is 0 Å². The van der Waals surface area contributed by atoms with Gasteiger partial charge in [0.2, 0.25) is 0 Å². The largest absolute Gasteiger partial charge is 0.480 e. The van der Waals surface area contributed by atoms with E-state index in [9.17, 15) is 4.79 Å². The number of carboxylic acids is 1. The third-order valence-corrected chi connectivity index (χ3v) is 3.30. The van der Waals surface area contributed by atoms with Crippen LogP contribution in [0.4, 0.5) is 0 Å². The maximum Gasteiger partial charge on any atom is 0.323 e. The zero-order chi connectivity index (χ0) is 9.64. The minimum absolute atomic E-state index is 0.427. The second kappa shape index (κ2) is 2.69. The molecule has 0 aromatic carbocycles. The fraction of sp³-hybridized carbons (Fsp3) is 0.889. The van der Waals surface area contributed by atoms with Gasteiger partial charge in [-0.2, -0.15) is 0 Å². The van der Waals surface area contributed by atoms with E-state index in [1.54, 1.807) is 13.8 Å². The number of piperazine rings is 1. The van der Waals surface area contributed by atoms with Crippen LogP contribution in [0.5, 0.6) is 0 Å². The van der Waals surface area contributed by atoms with Gasteiger partial charge in [0.25, 0.3) is 0 Å². The Bertz CT molecular complexity index is 240. The summed E-state index contributed by atoms with van der Waals surface area (Å²) < 4.78 is 0. The zero-order valence-electron chi connectivity index (χ0n) is 8.08. The summed E-state index contributed by atoms with van der Waals surface area (Å²) in [5.74, 6) is -0.722. The van der Waals surface area contributed by atoms with Gasteiger partial charge < -0.3 is 10.4 Å². The smallest absolute Gasteiger partial charge is 0.323 e. The minimum atomic E-state index is -0.722. The highest BCUT2D eigenvalue weighted by atomic mass is 16.4. The highest BCUT2D eigenvalue weighted by Gasteiger charge is 2.47. The first kappa shape index (κ1) is 8.97. The maximum absolute atomic E-state index is 11.0. The number of fused-ring (bicyclic) bond motifs is 2. The molecule has 2 aliphatic heterocycles. The summed E-state index contributed by atoms with van der Waals surface area (Å²) in [5, 5.41) is 12.4. The Kier molecular flexibility index (Phi) is 1.85. The van der Waals surface area contributed by atoms with Crippen LogP contribution in [0, 0.1) is 0 Å². The first-order chi connectivity index (χ1) is 6.01. The molecule has 74 valence electrons. The molecule has 0 spiro atoms. The quantitative estimate of drug-likeness (QED) is 0.629. The van der Waals surface area contributed by atoms with Gasteiger partial charge in [0.05, 0.1) is 0 Å². The first-order valence-corrected chi connectivity index (χ1v) is 4.75. The molecule has 4 heteroatoms. The molecule has 0 aromatic heterocycles. The van der Waals surface area contributed by atoms with Crippen LogP contribution in [0.25, 0.3) is 0 Å². The number of nitrogens with one attached hydrogen (secondary N) is 1. The van der Waals surface area contributed by atoms with E-state index in [-0.39, 0.29) is 0 Å². The summed E-state index contributed by atoms with van der Waals surface area (Å²) in [6.07, 6.45) is 1.11. The van der Waals surface area contributed by atoms with Crippen LogP contribution in [-0.2, 0) is 4.79 Å². The summed E-state index contributed by atoms with van der Waals surface area (Å²) in [5.41, 5.74) is -0.707. The molecule has 0 amide bonds. The number of likely N-dealkylation sites (tertiary alicyclic amines) is 1. The highest BCUT2D eigenvalue weighted by Crippen LogP contribution is 2.30. The van der Waals surface area contributed by atoms with E-state index >= 15 is 0 Å². The Morgan fingerprint density at radius 1 is 1.62 bits per heavy atom. The van der Waals surface area contributed by atoms with Crippen molar-refractivity contribution in [2.75, 3.05) is 13.1 Å². The molecule has 2 rings (SSSR count). The van der Waals surface area contributed by atoms with E-state index < -0.39 is 11.5 Å². The Hall–Kier alpha value is -0.610. The summed E-state index contributed by atoms with van der Waals surface area (Å²) in [7, 11) is 0. The fourth-order valence-electron chi connectivity index (χ4n) is 2.37. The SMILES string of the molecule is CC(C)(C(=O)O)N1CC2CC1CN2. The third-order valence-electron chi connectivity index (χ3n) is 3.30. The Morgan fingerprint density at radius 3 is 2.69 bits per heavy atom. The lowest BCUT2D eigenvalue weighted by Crippen LogP contribution is -2.57. The molecule has 2 heterocycles. The van der Waals surface area contributed by atoms with Crippen molar-refractivity contribution in [1.82, 2.24) is 10.2 Å². The number of carboxylic acid groups (broad SMARTS) is 1. The Morgan fingerprint density at radius 2 is 2.31 bits per heavy atom. The number of hydrogen-bond donors (Lipinski definition) is 2. The standard InChI is InChI=1S/C9H16N2O2/c1-9(2,8(12)13)11-5-6-3-7(11)4-10-6/h6-7,10H,3-5H2,1-2H3,(H,12,13). The van der Waals surface area contributed by atoms with Crippen LogP contribution in [-0.4, -0.2) is 46.7 Å². The molecule has 2 unspecified atom stereocenters. The molecule has 0 aromatic rings. The summed E-state index contributed by atoms with van der Waals surface area (Å²) in [6.45, 7) is 5.40. The van der Waals surface area contributed by atoms with E-state index in [1.807, 2.05) is 0 Å². The van der Waals surface area contributed by atoms with Crippen molar-refractivity contribution in [3.63, 3.8) is 0 Å². The van der Waals surface area contributed by atoms with Gasteiger partial charge in [0.1, 0.15) is 5.54 Å². The minimum Gasteiger partial charge on any atom is -0.480 e. The molecule has 0 saturated carbocycles. The molecular formula is C9H16N2O2. The number of hydrogen-bond acceptors (Lipinski definition) is 3. The molecule has 4 nitrogen and oxygen atoms in total. The lowest BCUT2D eigenvalue weighted by Gasteiger charge is -2.38. The van der Waals surface area contributed by atoms with Crippen molar-refractivity contribution >= 4 is 5.97 Å². The molecule has 2 bridgehead atoms. The van der Waals surface area contributed by atoms with Gasteiger partial charge in [-0.3, -0.25) is 9.69 Å². The second-order valence-electron chi connectivity index (χ2n) is 4.51. The van der Waals surface area contributed by atoms with Crippen molar-refractivity contribution in [3.05, 3.63) is 0 Å². The molecule has 2 saturated heterocycles. The number of rotatable bonds is 2. The molecule has 13 heavy (non-hydrogen) atoms. The molecule has 2 N–H and O–H groups in total. The normalized spacial score (nSPS) is 34.0. The van der Waals surface area contributed by atoms with Crippen molar-refractivity contribution < 1.29 is 9.90 Å². The number of aliphatic carboxylic acids is 1. The molecule has 0 aliphatic carbocycles. The number of carbonyl (C=O) groups is 1. The topological polar surface area (TPSA) is 52.6 Å². The van der Waals surface area contributed by atoms with Crippen LogP contribution >= 0.6 is 0 Å². The lowest BCUT2D eigenvalue weighted by molar-refractivity contribution is -0.150. The second-order valence-corrected chi connectivity index (χ2v) is 4.51. The predicted molar refractivity (Wildman–Crippen MR) is 48.6 cm³/mol. The van der Waals surface area contributed by atoms with Crippen molar-refractivity contribution in [2.24, 2.45) is 0 Å². The third kappa shape index (κ3) is 1.25. The van der Waals surface area contributed by atoms with E-state index in [1.165, 1.54) is 0 Å². The monoisotopic (exact) mass is 184 g/mol. The summed E-state index contributed by atoms with van der Waals surface area (Å²) >= 11 is 0. The summed E-state index contributed by atoms with van der Waals surface area (Å²) in [4.78, 5) is 13.1. The van der Waals surface area contributed by atoms with E-state index in [0.717, 1.165) is 19.5 Å². The van der Waals surface area contributed by atoms with Gasteiger partial charge in [0, 0.05) is 25.2 Å². The average molecular weight is 184 g/mol. The summed E-state index contributed by atoms with van der Waals surface area (Å²) in [6, 6.07) is 0.944. The predicted octanol–water partition coefficient (Wildman–Crippen LogP) is -0.104. The lowest BCUT2D eigenvalue weighted by atomic mass is 10.0. The molecule has 2 atom stereocenters. The zero-order valence-corrected chi connectivity index (χ0v) is 8.08. The van der Waals surface area contributed by atoms with Crippen LogP contribution in [0.3, 0.4) is 0 Å². The van der Waals surface area contributed by atoms with Gasteiger partial charge >= 0.3 is 5.97 Å².